The molecular weight excluding hydrogens is 508 g/mol. The topological polar surface area (TPSA) is 0 Å². The summed E-state index contributed by atoms with van der Waals surface area (Å²) in [5.74, 6) is 6.70. The van der Waals surface area contributed by atoms with E-state index in [0.29, 0.717) is 0 Å². The summed E-state index contributed by atoms with van der Waals surface area (Å²) in [6.07, 6.45) is 41.3. The molecule has 0 saturated carbocycles. The van der Waals surface area contributed by atoms with Crippen molar-refractivity contribution in [1.29, 1.82) is 0 Å². The summed E-state index contributed by atoms with van der Waals surface area (Å²) in [5, 5.41) is 0. The van der Waals surface area contributed by atoms with Crippen LogP contribution in [0.5, 0.6) is 0 Å². The van der Waals surface area contributed by atoms with Gasteiger partial charge in [-0.15, -0.1) is 22.9 Å². The van der Waals surface area contributed by atoms with Crippen molar-refractivity contribution >= 4 is 18.5 Å². The number of hydrogen-bond donors (Lipinski definition) is 0. The maximum atomic E-state index is 6.66. The normalized spacial score (nSPS) is 11.2. The Bertz CT molecular complexity index is 550. The highest BCUT2D eigenvalue weighted by Gasteiger charge is 2.17. The molecule has 0 spiro atoms. The lowest BCUT2D eigenvalue weighted by Gasteiger charge is -2.03. The smallest absolute Gasteiger partial charge is 0.133 e. The quantitative estimate of drug-likeness (QED) is 0.0376. The summed E-state index contributed by atoms with van der Waals surface area (Å²) in [6, 6.07) is 0. The molecule has 0 heterocycles. The monoisotopic (exact) mass is 576 g/mol. The average Bonchev–Trinajstić information content (AvgIpc) is 2.92. The highest BCUT2D eigenvalue weighted by molar-refractivity contribution is 7.28. The lowest BCUT2D eigenvalue weighted by molar-refractivity contribution is 0.536. The zero-order valence-electron chi connectivity index (χ0n) is 27.1. The molecule has 0 aliphatic rings. The highest BCUT2D eigenvalue weighted by atomic mass is 35.6. The summed E-state index contributed by atoms with van der Waals surface area (Å²) >= 11 is 6.66. The van der Waals surface area contributed by atoms with Gasteiger partial charge in [0.1, 0.15) is 0 Å². The van der Waals surface area contributed by atoms with Gasteiger partial charge in [-0.3, -0.25) is 0 Å². The summed E-state index contributed by atoms with van der Waals surface area (Å²) in [4.78, 5) is 0. The number of rotatable bonds is 28. The first-order valence-electron chi connectivity index (χ1n) is 17.8. The Labute approximate surface area is 253 Å². The Morgan fingerprint density at radius 2 is 0.564 bits per heavy atom. The van der Waals surface area contributed by atoms with E-state index >= 15 is 0 Å². The molecule has 0 rings (SSSR count). The Kier molecular flexibility index (Phi) is 31.8. The summed E-state index contributed by atoms with van der Waals surface area (Å²) < 4.78 is 0. The van der Waals surface area contributed by atoms with Crippen molar-refractivity contribution < 1.29 is 0 Å². The van der Waals surface area contributed by atoms with Crippen LogP contribution in [0.1, 0.15) is 206 Å². The SMILES string of the molecule is CCCCCCCCCCCCCCCCC#C[Si](C)(Cl)C#CCCCCCCCCCCCCCCCC. The van der Waals surface area contributed by atoms with Crippen LogP contribution in [0.4, 0.5) is 0 Å². The molecule has 228 valence electrons. The highest BCUT2D eigenvalue weighted by Crippen LogP contribution is 2.15. The van der Waals surface area contributed by atoms with E-state index in [0.717, 1.165) is 12.8 Å². The van der Waals surface area contributed by atoms with Gasteiger partial charge in [-0.1, -0.05) is 192 Å². The minimum Gasteiger partial charge on any atom is -0.133 e. The fraction of sp³-hybridized carbons (Fsp3) is 0.892. The van der Waals surface area contributed by atoms with Gasteiger partial charge in [-0.05, 0) is 19.4 Å². The van der Waals surface area contributed by atoms with Crippen molar-refractivity contribution in [2.45, 2.75) is 213 Å². The fourth-order valence-electron chi connectivity index (χ4n) is 5.30. The molecular formula is C37H69ClSi. The van der Waals surface area contributed by atoms with E-state index in [1.807, 2.05) is 0 Å². The second kappa shape index (κ2) is 32.1. The first-order valence-corrected chi connectivity index (χ1v) is 21.3. The molecule has 0 nitrogen and oxygen atoms in total. The lowest BCUT2D eigenvalue weighted by Crippen LogP contribution is -2.17. The molecule has 2 heteroatoms. The van der Waals surface area contributed by atoms with Gasteiger partial charge in [-0.2, -0.15) is 0 Å². The second-order valence-electron chi connectivity index (χ2n) is 12.3. The van der Waals surface area contributed by atoms with Crippen LogP contribution in [-0.2, 0) is 0 Å². The van der Waals surface area contributed by atoms with Gasteiger partial charge >= 0.3 is 7.38 Å². The Balaban J connectivity index is 3.47. The van der Waals surface area contributed by atoms with Crippen molar-refractivity contribution in [2.24, 2.45) is 0 Å². The van der Waals surface area contributed by atoms with Crippen LogP contribution in [0.15, 0.2) is 0 Å². The van der Waals surface area contributed by atoms with Crippen LogP contribution < -0.4 is 0 Å². The van der Waals surface area contributed by atoms with Gasteiger partial charge in [-0.25, -0.2) is 0 Å². The van der Waals surface area contributed by atoms with Crippen molar-refractivity contribution in [1.82, 2.24) is 0 Å². The van der Waals surface area contributed by atoms with Crippen LogP contribution in [-0.4, -0.2) is 7.38 Å². The van der Waals surface area contributed by atoms with Crippen molar-refractivity contribution in [3.63, 3.8) is 0 Å². The van der Waals surface area contributed by atoms with Gasteiger partial charge in [0.15, 0.2) is 0 Å². The zero-order chi connectivity index (χ0) is 28.5. The number of hydrogen-bond acceptors (Lipinski definition) is 0. The van der Waals surface area contributed by atoms with E-state index in [2.05, 4.69) is 43.3 Å². The number of halogens is 1. The first-order chi connectivity index (χ1) is 19.1. The average molecular weight is 577 g/mol. The van der Waals surface area contributed by atoms with Crippen molar-refractivity contribution in [3.05, 3.63) is 0 Å². The van der Waals surface area contributed by atoms with Crippen LogP contribution >= 0.6 is 11.1 Å². The Hall–Kier alpha value is -0.373. The molecule has 0 fully saturated rings. The Morgan fingerprint density at radius 1 is 0.359 bits per heavy atom. The van der Waals surface area contributed by atoms with Crippen molar-refractivity contribution in [3.8, 4) is 22.9 Å². The maximum absolute atomic E-state index is 6.66. The molecule has 0 radical (unpaired) electrons. The Morgan fingerprint density at radius 3 is 0.795 bits per heavy atom. The standard InChI is InChI=1S/C37H69ClSi/c1-4-6-8-10-12-14-16-18-20-22-24-26-28-30-32-34-36-39(3,38)37-35-33-31-29-27-25-23-21-19-17-15-13-11-9-7-5-2/h4-33H2,1-3H3. The fourth-order valence-corrected chi connectivity index (χ4v) is 6.68. The zero-order valence-corrected chi connectivity index (χ0v) is 28.8. The number of unbranched alkanes of at least 4 members (excludes halogenated alkanes) is 28. The third kappa shape index (κ3) is 33.7. The summed E-state index contributed by atoms with van der Waals surface area (Å²) in [7, 11) is -2.17. The van der Waals surface area contributed by atoms with Gasteiger partial charge < -0.3 is 0 Å². The predicted octanol–water partition coefficient (Wildman–Crippen LogP) is 13.6. The van der Waals surface area contributed by atoms with E-state index in [-0.39, 0.29) is 0 Å². The minimum absolute atomic E-state index is 0.994. The molecule has 0 bridgehead atoms. The molecule has 0 aliphatic heterocycles. The third-order valence-corrected chi connectivity index (χ3v) is 9.82. The molecule has 0 saturated heterocycles. The van der Waals surface area contributed by atoms with E-state index in [9.17, 15) is 0 Å². The summed E-state index contributed by atoms with van der Waals surface area (Å²) in [5.41, 5.74) is 6.68. The molecule has 39 heavy (non-hydrogen) atoms. The van der Waals surface area contributed by atoms with Gasteiger partial charge in [0.05, 0.1) is 0 Å². The molecule has 0 aliphatic carbocycles. The molecule has 0 atom stereocenters. The maximum Gasteiger partial charge on any atom is 0.304 e. The molecule has 0 aromatic carbocycles. The minimum atomic E-state index is -2.17. The van der Waals surface area contributed by atoms with Gasteiger partial charge in [0.2, 0.25) is 0 Å². The molecule has 0 N–H and O–H groups in total. The lowest BCUT2D eigenvalue weighted by atomic mass is 10.0. The molecule has 0 aromatic rings. The van der Waals surface area contributed by atoms with Crippen LogP contribution in [0.2, 0.25) is 6.55 Å². The summed E-state index contributed by atoms with van der Waals surface area (Å²) in [6.45, 7) is 6.68. The molecule has 0 amide bonds. The second-order valence-corrected chi connectivity index (χ2v) is 17.1. The van der Waals surface area contributed by atoms with Crippen LogP contribution in [0, 0.1) is 22.9 Å². The van der Waals surface area contributed by atoms with Gasteiger partial charge in [0, 0.05) is 12.8 Å². The molecule has 0 aromatic heterocycles. The predicted molar refractivity (Wildman–Crippen MR) is 183 cm³/mol. The van der Waals surface area contributed by atoms with Crippen LogP contribution in [0.25, 0.3) is 0 Å². The van der Waals surface area contributed by atoms with Crippen LogP contribution in [0.3, 0.4) is 0 Å². The van der Waals surface area contributed by atoms with Crippen molar-refractivity contribution in [2.75, 3.05) is 0 Å². The van der Waals surface area contributed by atoms with E-state index < -0.39 is 7.38 Å². The van der Waals surface area contributed by atoms with E-state index in [4.69, 9.17) is 11.1 Å². The van der Waals surface area contributed by atoms with Gasteiger partial charge in [0.25, 0.3) is 0 Å². The molecule has 0 unspecified atom stereocenters. The van der Waals surface area contributed by atoms with E-state index in [1.54, 1.807) is 0 Å². The largest absolute Gasteiger partial charge is 0.304 e. The van der Waals surface area contributed by atoms with E-state index in [1.165, 1.54) is 180 Å². The first kappa shape index (κ1) is 38.6. The third-order valence-electron chi connectivity index (χ3n) is 7.96.